The third kappa shape index (κ3) is 5.11. The molecule has 0 saturated carbocycles. The normalized spacial score (nSPS) is 14.8. The van der Waals surface area contributed by atoms with Crippen LogP contribution in [-0.2, 0) is 11.2 Å². The standard InChI is InChI=1S/C28H27N5O2S/c29-18-20-8-10-22(11-9-20)32-12-4-13-33(15-14-32)28(35)25(31-27(34)26-7-3-16-36-26)17-21-19-30-24-6-2-1-5-23(21)24/h1-3,5-11,16,19,25,30H,4,12-15,17H2,(H,31,34). The van der Waals surface area contributed by atoms with E-state index in [1.54, 1.807) is 6.07 Å². The minimum Gasteiger partial charge on any atom is -0.370 e. The van der Waals surface area contributed by atoms with Crippen molar-refractivity contribution in [3.05, 3.63) is 88.2 Å². The topological polar surface area (TPSA) is 92.2 Å². The third-order valence-corrected chi connectivity index (χ3v) is 7.49. The van der Waals surface area contributed by atoms with Crippen molar-refractivity contribution in [2.45, 2.75) is 18.9 Å². The number of amides is 2. The molecule has 3 heterocycles. The van der Waals surface area contributed by atoms with Crippen molar-refractivity contribution in [1.29, 1.82) is 5.26 Å². The number of nitrogens with one attached hydrogen (secondary N) is 2. The Morgan fingerprint density at radius 3 is 2.64 bits per heavy atom. The van der Waals surface area contributed by atoms with Gasteiger partial charge in [0.1, 0.15) is 6.04 Å². The van der Waals surface area contributed by atoms with Crippen LogP contribution >= 0.6 is 11.3 Å². The average Bonchev–Trinajstić information content (AvgIpc) is 3.53. The van der Waals surface area contributed by atoms with Gasteiger partial charge in [0, 0.05) is 55.4 Å². The Morgan fingerprint density at radius 2 is 1.86 bits per heavy atom. The summed E-state index contributed by atoms with van der Waals surface area (Å²) in [5.74, 6) is -0.288. The van der Waals surface area contributed by atoms with Crippen LogP contribution in [-0.4, -0.2) is 53.9 Å². The number of anilines is 1. The summed E-state index contributed by atoms with van der Waals surface area (Å²) in [6.45, 7) is 2.71. The van der Waals surface area contributed by atoms with Gasteiger partial charge in [-0.25, -0.2) is 0 Å². The Balaban J connectivity index is 1.34. The van der Waals surface area contributed by atoms with Crippen molar-refractivity contribution in [2.24, 2.45) is 0 Å². The van der Waals surface area contributed by atoms with Gasteiger partial charge in [0.15, 0.2) is 0 Å². The molecule has 0 bridgehead atoms. The van der Waals surface area contributed by atoms with E-state index in [2.05, 4.69) is 21.3 Å². The first kappa shape index (κ1) is 23.6. The van der Waals surface area contributed by atoms with E-state index in [4.69, 9.17) is 5.26 Å². The molecule has 2 amide bonds. The second-order valence-corrected chi connectivity index (χ2v) is 9.84. The number of benzene rings is 2. The summed E-state index contributed by atoms with van der Waals surface area (Å²) in [5.41, 5.74) is 3.69. The van der Waals surface area contributed by atoms with E-state index in [1.165, 1.54) is 11.3 Å². The number of carbonyl (C=O) groups excluding carboxylic acids is 2. The lowest BCUT2D eigenvalue weighted by molar-refractivity contribution is -0.133. The van der Waals surface area contributed by atoms with Crippen LogP contribution in [0.2, 0.25) is 0 Å². The van der Waals surface area contributed by atoms with E-state index in [0.29, 0.717) is 36.5 Å². The highest BCUT2D eigenvalue weighted by atomic mass is 32.1. The fourth-order valence-electron chi connectivity index (χ4n) is 4.72. The summed E-state index contributed by atoms with van der Waals surface area (Å²) in [6, 6.07) is 20.6. The number of hydrogen-bond donors (Lipinski definition) is 2. The highest BCUT2D eigenvalue weighted by molar-refractivity contribution is 7.12. The molecule has 0 radical (unpaired) electrons. The van der Waals surface area contributed by atoms with Crippen LogP contribution in [0.3, 0.4) is 0 Å². The predicted octanol–water partition coefficient (Wildman–Crippen LogP) is 4.18. The van der Waals surface area contributed by atoms with Gasteiger partial charge in [-0.15, -0.1) is 11.3 Å². The van der Waals surface area contributed by atoms with Gasteiger partial charge < -0.3 is 20.1 Å². The highest BCUT2D eigenvalue weighted by Crippen LogP contribution is 2.22. The molecule has 1 saturated heterocycles. The zero-order chi connectivity index (χ0) is 24.9. The van der Waals surface area contributed by atoms with Gasteiger partial charge in [0.25, 0.3) is 5.91 Å². The summed E-state index contributed by atoms with van der Waals surface area (Å²) in [7, 11) is 0. The minimum atomic E-state index is -0.666. The minimum absolute atomic E-state index is 0.0631. The number of fused-ring (bicyclic) bond motifs is 1. The molecule has 0 aliphatic carbocycles. The number of para-hydroxylation sites is 1. The molecule has 2 aromatic heterocycles. The maximum atomic E-state index is 13.8. The lowest BCUT2D eigenvalue weighted by atomic mass is 10.0. The second-order valence-electron chi connectivity index (χ2n) is 8.89. The van der Waals surface area contributed by atoms with Gasteiger partial charge >= 0.3 is 0 Å². The van der Waals surface area contributed by atoms with Crippen molar-refractivity contribution >= 4 is 39.7 Å². The van der Waals surface area contributed by atoms with E-state index in [0.717, 1.165) is 35.1 Å². The van der Waals surface area contributed by atoms with Crippen LogP contribution in [0.15, 0.2) is 72.2 Å². The van der Waals surface area contributed by atoms with Crippen molar-refractivity contribution in [2.75, 3.05) is 31.1 Å². The van der Waals surface area contributed by atoms with Gasteiger partial charge in [-0.2, -0.15) is 5.26 Å². The number of nitrogens with zero attached hydrogens (tertiary/aromatic N) is 3. The Morgan fingerprint density at radius 1 is 1.03 bits per heavy atom. The van der Waals surface area contributed by atoms with Crippen molar-refractivity contribution in [3.8, 4) is 6.07 Å². The fourth-order valence-corrected chi connectivity index (χ4v) is 5.35. The molecule has 1 atom stereocenters. The summed E-state index contributed by atoms with van der Waals surface area (Å²) in [4.78, 5) is 34.7. The number of aromatic nitrogens is 1. The summed E-state index contributed by atoms with van der Waals surface area (Å²) in [6.07, 6.45) is 3.16. The third-order valence-electron chi connectivity index (χ3n) is 6.62. The molecule has 182 valence electrons. The van der Waals surface area contributed by atoms with Crippen molar-refractivity contribution in [1.82, 2.24) is 15.2 Å². The first-order valence-corrected chi connectivity index (χ1v) is 12.9. The number of thiophene rings is 1. The maximum Gasteiger partial charge on any atom is 0.262 e. The Hall–Kier alpha value is -4.09. The van der Waals surface area contributed by atoms with Gasteiger partial charge in [0.05, 0.1) is 16.5 Å². The molecule has 4 aromatic rings. The largest absolute Gasteiger partial charge is 0.370 e. The molecule has 7 nitrogen and oxygen atoms in total. The zero-order valence-corrected chi connectivity index (χ0v) is 20.6. The number of aromatic amines is 1. The molecule has 2 aromatic carbocycles. The quantitative estimate of drug-likeness (QED) is 0.418. The Labute approximate surface area is 214 Å². The molecular weight excluding hydrogens is 470 g/mol. The average molecular weight is 498 g/mol. The van der Waals surface area contributed by atoms with Crippen LogP contribution in [0.1, 0.15) is 27.2 Å². The first-order chi connectivity index (χ1) is 17.6. The summed E-state index contributed by atoms with van der Waals surface area (Å²) >= 11 is 1.36. The lowest BCUT2D eigenvalue weighted by Gasteiger charge is -2.27. The van der Waals surface area contributed by atoms with Gasteiger partial charge in [-0.1, -0.05) is 24.3 Å². The van der Waals surface area contributed by atoms with Gasteiger partial charge in [0.2, 0.25) is 5.91 Å². The molecule has 0 spiro atoms. The summed E-state index contributed by atoms with van der Waals surface area (Å²) < 4.78 is 0. The molecule has 2 N–H and O–H groups in total. The SMILES string of the molecule is N#Cc1ccc(N2CCCN(C(=O)C(Cc3c[nH]c4ccccc34)NC(=O)c3cccs3)CC2)cc1. The van der Waals surface area contributed by atoms with E-state index in [-0.39, 0.29) is 11.8 Å². The number of hydrogen-bond acceptors (Lipinski definition) is 5. The van der Waals surface area contributed by atoms with Gasteiger partial charge in [-0.3, -0.25) is 9.59 Å². The second kappa shape index (κ2) is 10.7. The molecule has 5 rings (SSSR count). The first-order valence-electron chi connectivity index (χ1n) is 12.1. The Kier molecular flexibility index (Phi) is 7.01. The molecule has 1 aliphatic heterocycles. The Bertz CT molecular complexity index is 1390. The van der Waals surface area contributed by atoms with Crippen LogP contribution in [0.5, 0.6) is 0 Å². The van der Waals surface area contributed by atoms with Crippen LogP contribution < -0.4 is 10.2 Å². The van der Waals surface area contributed by atoms with Crippen molar-refractivity contribution in [3.63, 3.8) is 0 Å². The van der Waals surface area contributed by atoms with Crippen LogP contribution in [0.25, 0.3) is 10.9 Å². The van der Waals surface area contributed by atoms with Crippen LogP contribution in [0.4, 0.5) is 5.69 Å². The molecule has 1 aliphatic rings. The van der Waals surface area contributed by atoms with E-state index in [1.807, 2.05) is 71.1 Å². The molecule has 1 fully saturated rings. The predicted molar refractivity (Wildman–Crippen MR) is 142 cm³/mol. The van der Waals surface area contributed by atoms with Crippen LogP contribution in [0, 0.1) is 11.3 Å². The molecule has 8 heteroatoms. The molecule has 36 heavy (non-hydrogen) atoms. The maximum absolute atomic E-state index is 13.8. The van der Waals surface area contributed by atoms with E-state index >= 15 is 0 Å². The molecular formula is C28H27N5O2S. The van der Waals surface area contributed by atoms with Gasteiger partial charge in [-0.05, 0) is 53.8 Å². The lowest BCUT2D eigenvalue weighted by Crippen LogP contribution is -2.50. The van der Waals surface area contributed by atoms with E-state index in [9.17, 15) is 9.59 Å². The summed E-state index contributed by atoms with van der Waals surface area (Å²) in [5, 5.41) is 15.0. The highest BCUT2D eigenvalue weighted by Gasteiger charge is 2.29. The number of carbonyl (C=O) groups is 2. The number of H-pyrrole nitrogens is 1. The smallest absolute Gasteiger partial charge is 0.262 e. The number of rotatable bonds is 6. The number of nitriles is 1. The monoisotopic (exact) mass is 497 g/mol. The van der Waals surface area contributed by atoms with E-state index < -0.39 is 6.04 Å². The fraction of sp³-hybridized carbons (Fsp3) is 0.250. The molecule has 1 unspecified atom stereocenters. The zero-order valence-electron chi connectivity index (χ0n) is 19.8. The van der Waals surface area contributed by atoms with Crippen molar-refractivity contribution < 1.29 is 9.59 Å².